The fourth-order valence-electron chi connectivity index (χ4n) is 1.07. The normalized spacial score (nSPS) is 14.8. The highest BCUT2D eigenvalue weighted by Crippen LogP contribution is 2.15. The van der Waals surface area contributed by atoms with Gasteiger partial charge in [-0.15, -0.1) is 0 Å². The Hall–Kier alpha value is 0.137. The minimum atomic E-state index is -0.0550. The van der Waals surface area contributed by atoms with Gasteiger partial charge < -0.3 is 9.74 Å². The summed E-state index contributed by atoms with van der Waals surface area (Å²) in [6, 6.07) is 0.580. The first-order valence-electron chi connectivity index (χ1n) is 4.60. The molecule has 71 valence electrons. The van der Waals surface area contributed by atoms with Crippen LogP contribution >= 0.6 is 0 Å². The molecule has 2 nitrogen and oxygen atoms in total. The molecule has 0 aliphatic carbocycles. The second-order valence-electron chi connectivity index (χ2n) is 3.86. The van der Waals surface area contributed by atoms with E-state index in [9.17, 15) is 0 Å². The van der Waals surface area contributed by atoms with Crippen LogP contribution in [-0.4, -0.2) is 28.7 Å². The highest BCUT2D eigenvalue weighted by atomic mass is 28.2. The van der Waals surface area contributed by atoms with Crippen LogP contribution in [0, 0.1) is 0 Å². The number of hydrogen-bond acceptors (Lipinski definition) is 2. The van der Waals surface area contributed by atoms with E-state index in [-0.39, 0.29) is 5.60 Å². The Morgan fingerprint density at radius 3 is 2.50 bits per heavy atom. The van der Waals surface area contributed by atoms with Crippen LogP contribution in [-0.2, 0) is 4.43 Å². The summed E-state index contributed by atoms with van der Waals surface area (Å²) in [6.45, 7) is 9.53. The summed E-state index contributed by atoms with van der Waals surface area (Å²) in [4.78, 5) is 0. The van der Waals surface area contributed by atoms with E-state index in [2.05, 4.69) is 43.5 Å². The van der Waals surface area contributed by atoms with E-state index >= 15 is 0 Å². The van der Waals surface area contributed by atoms with Gasteiger partial charge in [0.1, 0.15) is 0 Å². The zero-order chi connectivity index (χ0) is 9.61. The Bertz CT molecular complexity index is 117. The lowest BCUT2D eigenvalue weighted by atomic mass is 10.00. The van der Waals surface area contributed by atoms with Crippen molar-refractivity contribution >= 4 is 10.5 Å². The summed E-state index contributed by atoms with van der Waals surface area (Å²) < 4.78 is 5.14. The predicted octanol–water partition coefficient (Wildman–Crippen LogP) is 1.64. The lowest BCUT2D eigenvalue weighted by Crippen LogP contribution is -2.30. The average molecular weight is 186 g/mol. The van der Waals surface area contributed by atoms with Crippen LogP contribution < -0.4 is 5.32 Å². The maximum atomic E-state index is 5.14. The lowest BCUT2D eigenvalue weighted by Gasteiger charge is -2.25. The third-order valence-electron chi connectivity index (χ3n) is 2.01. The Morgan fingerprint density at radius 2 is 2.08 bits per heavy atom. The van der Waals surface area contributed by atoms with E-state index in [1.54, 1.807) is 0 Å². The molecule has 1 N–H and O–H groups in total. The molecule has 0 aliphatic heterocycles. The van der Waals surface area contributed by atoms with E-state index in [1.807, 2.05) is 0 Å². The van der Waals surface area contributed by atoms with Gasteiger partial charge in [0.25, 0.3) is 0 Å². The molecule has 0 heterocycles. The lowest BCUT2D eigenvalue weighted by molar-refractivity contribution is 0.107. The summed E-state index contributed by atoms with van der Waals surface area (Å²) in [5.41, 5.74) is -0.0550. The topological polar surface area (TPSA) is 21.3 Å². The molecule has 0 saturated heterocycles. The van der Waals surface area contributed by atoms with Crippen molar-refractivity contribution in [2.24, 2.45) is 0 Å². The van der Waals surface area contributed by atoms with Gasteiger partial charge >= 0.3 is 0 Å². The molecule has 0 bridgehead atoms. The van der Waals surface area contributed by atoms with Gasteiger partial charge in [-0.1, -0.05) is 6.92 Å². The summed E-state index contributed by atoms with van der Waals surface area (Å²) in [7, 11) is 3.09. The third kappa shape index (κ3) is 5.74. The number of nitrogens with one attached hydrogen (secondary N) is 1. The summed E-state index contributed by atoms with van der Waals surface area (Å²) >= 11 is 0. The third-order valence-corrected chi connectivity index (χ3v) is 2.56. The van der Waals surface area contributed by atoms with Gasteiger partial charge in [-0.25, -0.2) is 0 Å². The smallest absolute Gasteiger partial charge is 0.246 e. The van der Waals surface area contributed by atoms with Crippen molar-refractivity contribution in [3.63, 3.8) is 0 Å². The first-order chi connectivity index (χ1) is 5.52. The SMILES string of the molecule is CCNC(C)CCC(C)(C)O[Si]. The first kappa shape index (κ1) is 12.1. The Labute approximate surface area is 79.6 Å². The Morgan fingerprint density at radius 1 is 1.50 bits per heavy atom. The van der Waals surface area contributed by atoms with Crippen molar-refractivity contribution in [2.75, 3.05) is 6.54 Å². The Kier molecular flexibility index (Phi) is 5.79. The minimum Gasteiger partial charge on any atom is -0.414 e. The standard InChI is InChI=1S/C9H20NOSi/c1-5-10-8(2)6-7-9(3,4)11-12/h8,10H,5-7H2,1-4H3. The van der Waals surface area contributed by atoms with Crippen molar-refractivity contribution in [3.8, 4) is 0 Å². The molecule has 0 fully saturated rings. The fourth-order valence-corrected chi connectivity index (χ4v) is 1.17. The second kappa shape index (κ2) is 5.73. The minimum absolute atomic E-state index is 0.0550. The number of hydrogen-bond donors (Lipinski definition) is 1. The molecule has 12 heavy (non-hydrogen) atoms. The van der Waals surface area contributed by atoms with Crippen LogP contribution in [0.4, 0.5) is 0 Å². The molecule has 0 aliphatic rings. The van der Waals surface area contributed by atoms with Gasteiger partial charge in [0, 0.05) is 11.6 Å². The summed E-state index contributed by atoms with van der Waals surface area (Å²) in [6.07, 6.45) is 2.20. The molecule has 3 heteroatoms. The zero-order valence-corrected chi connectivity index (χ0v) is 9.61. The van der Waals surface area contributed by atoms with E-state index in [0.29, 0.717) is 6.04 Å². The molecule has 0 spiro atoms. The molecule has 3 radical (unpaired) electrons. The molecule has 0 amide bonds. The van der Waals surface area contributed by atoms with E-state index < -0.39 is 0 Å². The van der Waals surface area contributed by atoms with Gasteiger partial charge in [-0.3, -0.25) is 0 Å². The molecule has 1 unspecified atom stereocenters. The van der Waals surface area contributed by atoms with Crippen LogP contribution in [0.15, 0.2) is 0 Å². The monoisotopic (exact) mass is 186 g/mol. The van der Waals surface area contributed by atoms with Gasteiger partial charge in [0.05, 0.1) is 0 Å². The molecular formula is C9H20NOSi. The fraction of sp³-hybridized carbons (Fsp3) is 1.00. The average Bonchev–Trinajstić information content (AvgIpc) is 2.02. The van der Waals surface area contributed by atoms with Crippen LogP contribution in [0.5, 0.6) is 0 Å². The van der Waals surface area contributed by atoms with Gasteiger partial charge in [0.2, 0.25) is 10.5 Å². The largest absolute Gasteiger partial charge is 0.414 e. The van der Waals surface area contributed by atoms with Crippen LogP contribution in [0.3, 0.4) is 0 Å². The van der Waals surface area contributed by atoms with Crippen LogP contribution in [0.1, 0.15) is 40.5 Å². The molecular weight excluding hydrogens is 166 g/mol. The Balaban J connectivity index is 3.52. The predicted molar refractivity (Wildman–Crippen MR) is 53.3 cm³/mol. The van der Waals surface area contributed by atoms with Crippen molar-refractivity contribution in [2.45, 2.75) is 52.2 Å². The van der Waals surface area contributed by atoms with Crippen molar-refractivity contribution < 1.29 is 4.43 Å². The quantitative estimate of drug-likeness (QED) is 0.637. The molecule has 0 aromatic rings. The van der Waals surface area contributed by atoms with Crippen LogP contribution in [0.25, 0.3) is 0 Å². The van der Waals surface area contributed by atoms with Crippen molar-refractivity contribution in [1.82, 2.24) is 5.32 Å². The zero-order valence-electron chi connectivity index (χ0n) is 8.61. The molecule has 0 aromatic heterocycles. The van der Waals surface area contributed by atoms with Gasteiger partial charge in [-0.2, -0.15) is 0 Å². The summed E-state index contributed by atoms with van der Waals surface area (Å²) in [5, 5.41) is 3.37. The van der Waals surface area contributed by atoms with E-state index in [1.165, 1.54) is 0 Å². The number of rotatable bonds is 6. The van der Waals surface area contributed by atoms with Gasteiger partial charge in [0.15, 0.2) is 0 Å². The van der Waals surface area contributed by atoms with E-state index in [4.69, 9.17) is 4.43 Å². The maximum absolute atomic E-state index is 5.14. The highest BCUT2D eigenvalue weighted by molar-refractivity contribution is 5.98. The van der Waals surface area contributed by atoms with Crippen molar-refractivity contribution in [1.29, 1.82) is 0 Å². The first-order valence-corrected chi connectivity index (χ1v) is 5.00. The highest BCUT2D eigenvalue weighted by Gasteiger charge is 2.16. The molecule has 1 atom stereocenters. The maximum Gasteiger partial charge on any atom is 0.246 e. The second-order valence-corrected chi connectivity index (χ2v) is 4.06. The van der Waals surface area contributed by atoms with Gasteiger partial charge in [-0.05, 0) is 40.2 Å². The molecule has 0 aromatic carbocycles. The van der Waals surface area contributed by atoms with Crippen molar-refractivity contribution in [3.05, 3.63) is 0 Å². The summed E-state index contributed by atoms with van der Waals surface area (Å²) in [5.74, 6) is 0. The van der Waals surface area contributed by atoms with Crippen LogP contribution in [0.2, 0.25) is 0 Å². The van der Waals surface area contributed by atoms with E-state index in [0.717, 1.165) is 19.4 Å². The molecule has 0 rings (SSSR count). The molecule has 0 saturated carbocycles.